The summed E-state index contributed by atoms with van der Waals surface area (Å²) in [5, 5.41) is 2.81. The Morgan fingerprint density at radius 2 is 1.69 bits per heavy atom. The summed E-state index contributed by atoms with van der Waals surface area (Å²) in [7, 11) is 4.12. The average Bonchev–Trinajstić information content (AvgIpc) is 2.66. The molecule has 1 heterocycles. The van der Waals surface area contributed by atoms with Gasteiger partial charge in [-0.2, -0.15) is 0 Å². The standard InChI is InChI=1S/C18H22N2O6/c1-11-14(17(22)26-4)15(19-18(23)20(11)9-10-24-2)12-5-7-13(8-6-12)16(21)25-3/h5-8,15H,9-10H2,1-4H3,(H,19,23)/t15-/m0/s1. The summed E-state index contributed by atoms with van der Waals surface area (Å²) in [4.78, 5) is 37.8. The summed E-state index contributed by atoms with van der Waals surface area (Å²) in [6.45, 7) is 2.33. The zero-order chi connectivity index (χ0) is 19.3. The predicted molar refractivity (Wildman–Crippen MR) is 92.4 cm³/mol. The maximum Gasteiger partial charge on any atom is 0.337 e. The smallest absolute Gasteiger partial charge is 0.337 e. The molecule has 0 aliphatic carbocycles. The molecule has 8 heteroatoms. The third-order valence-electron chi connectivity index (χ3n) is 4.19. The van der Waals surface area contributed by atoms with Crippen molar-refractivity contribution in [3.05, 3.63) is 46.7 Å². The van der Waals surface area contributed by atoms with E-state index in [9.17, 15) is 14.4 Å². The first kappa shape index (κ1) is 19.5. The minimum atomic E-state index is -0.680. The second-order valence-corrected chi connectivity index (χ2v) is 5.63. The van der Waals surface area contributed by atoms with Gasteiger partial charge in [-0.15, -0.1) is 0 Å². The number of esters is 2. The number of carbonyl (C=O) groups excluding carboxylic acids is 3. The number of benzene rings is 1. The number of hydrogen-bond donors (Lipinski definition) is 1. The van der Waals surface area contributed by atoms with Crippen molar-refractivity contribution in [3.63, 3.8) is 0 Å². The Labute approximate surface area is 151 Å². The number of rotatable bonds is 6. The van der Waals surface area contributed by atoms with Crippen molar-refractivity contribution in [1.29, 1.82) is 0 Å². The lowest BCUT2D eigenvalue weighted by Gasteiger charge is -2.35. The van der Waals surface area contributed by atoms with Gasteiger partial charge in [-0.3, -0.25) is 4.90 Å². The number of urea groups is 1. The van der Waals surface area contributed by atoms with Gasteiger partial charge in [-0.05, 0) is 24.6 Å². The molecular formula is C18H22N2O6. The molecule has 0 radical (unpaired) electrons. The van der Waals surface area contributed by atoms with Gasteiger partial charge < -0.3 is 19.5 Å². The molecule has 140 valence electrons. The number of nitrogens with zero attached hydrogens (tertiary/aromatic N) is 1. The molecule has 1 N–H and O–H groups in total. The Morgan fingerprint density at radius 3 is 2.23 bits per heavy atom. The van der Waals surface area contributed by atoms with Crippen LogP contribution in [0.25, 0.3) is 0 Å². The Hall–Kier alpha value is -2.87. The second-order valence-electron chi connectivity index (χ2n) is 5.63. The molecule has 8 nitrogen and oxygen atoms in total. The molecule has 26 heavy (non-hydrogen) atoms. The van der Waals surface area contributed by atoms with Crippen LogP contribution in [0.15, 0.2) is 35.5 Å². The third kappa shape index (κ3) is 3.85. The molecule has 1 aromatic carbocycles. The van der Waals surface area contributed by atoms with Crippen LogP contribution in [0, 0.1) is 0 Å². The number of ether oxygens (including phenoxy) is 3. The zero-order valence-electron chi connectivity index (χ0n) is 15.2. The van der Waals surface area contributed by atoms with Gasteiger partial charge in [-0.1, -0.05) is 12.1 Å². The molecule has 0 bridgehead atoms. The van der Waals surface area contributed by atoms with Crippen LogP contribution in [0.3, 0.4) is 0 Å². The van der Waals surface area contributed by atoms with E-state index in [1.807, 2.05) is 0 Å². The van der Waals surface area contributed by atoms with Gasteiger partial charge in [0.15, 0.2) is 0 Å². The van der Waals surface area contributed by atoms with Gasteiger partial charge in [-0.25, -0.2) is 14.4 Å². The van der Waals surface area contributed by atoms with Crippen molar-refractivity contribution in [3.8, 4) is 0 Å². The van der Waals surface area contributed by atoms with Crippen molar-refractivity contribution in [1.82, 2.24) is 10.2 Å². The lowest BCUT2D eigenvalue weighted by atomic mass is 9.94. The van der Waals surface area contributed by atoms with Crippen LogP contribution in [0.4, 0.5) is 4.79 Å². The molecule has 2 amide bonds. The molecule has 1 atom stereocenters. The van der Waals surface area contributed by atoms with E-state index in [2.05, 4.69) is 10.1 Å². The number of carbonyl (C=O) groups is 3. The van der Waals surface area contributed by atoms with Crippen LogP contribution >= 0.6 is 0 Å². The fraction of sp³-hybridized carbons (Fsp3) is 0.389. The summed E-state index contributed by atoms with van der Waals surface area (Å²) in [5.41, 5.74) is 1.85. The van der Waals surface area contributed by atoms with Gasteiger partial charge >= 0.3 is 18.0 Å². The number of allylic oxidation sites excluding steroid dienone is 1. The summed E-state index contributed by atoms with van der Waals surface area (Å²) in [6, 6.07) is 5.47. The summed E-state index contributed by atoms with van der Waals surface area (Å²) in [5.74, 6) is -0.998. The van der Waals surface area contributed by atoms with E-state index in [0.717, 1.165) is 0 Å². The molecule has 0 saturated carbocycles. The maximum atomic E-state index is 12.5. The van der Waals surface area contributed by atoms with Crippen molar-refractivity contribution in [2.24, 2.45) is 0 Å². The average molecular weight is 362 g/mol. The molecule has 0 fully saturated rings. The molecule has 1 aliphatic heterocycles. The third-order valence-corrected chi connectivity index (χ3v) is 4.19. The highest BCUT2D eigenvalue weighted by Gasteiger charge is 2.36. The molecular weight excluding hydrogens is 340 g/mol. The minimum Gasteiger partial charge on any atom is -0.466 e. The number of amides is 2. The first-order chi connectivity index (χ1) is 12.4. The van der Waals surface area contributed by atoms with Crippen LogP contribution < -0.4 is 5.32 Å². The summed E-state index contributed by atoms with van der Waals surface area (Å²) in [6.07, 6.45) is 0. The van der Waals surface area contributed by atoms with E-state index in [1.54, 1.807) is 31.2 Å². The van der Waals surface area contributed by atoms with Crippen LogP contribution in [0.5, 0.6) is 0 Å². The zero-order valence-corrected chi connectivity index (χ0v) is 15.2. The largest absolute Gasteiger partial charge is 0.466 e. The van der Waals surface area contributed by atoms with Crippen molar-refractivity contribution >= 4 is 18.0 Å². The van der Waals surface area contributed by atoms with Gasteiger partial charge in [0.05, 0.1) is 44.5 Å². The quantitative estimate of drug-likeness (QED) is 0.773. The lowest BCUT2D eigenvalue weighted by Crippen LogP contribution is -2.48. The molecule has 1 aromatic rings. The molecule has 1 aliphatic rings. The van der Waals surface area contributed by atoms with Crippen LogP contribution in [-0.4, -0.2) is 57.4 Å². The van der Waals surface area contributed by atoms with Gasteiger partial charge in [0, 0.05) is 12.8 Å². The van der Waals surface area contributed by atoms with Gasteiger partial charge in [0.2, 0.25) is 0 Å². The molecule has 0 spiro atoms. The SMILES string of the molecule is COCCN1C(=O)N[C@@H](c2ccc(C(=O)OC)cc2)C(C(=O)OC)=C1C. The van der Waals surface area contributed by atoms with Crippen LogP contribution in [-0.2, 0) is 19.0 Å². The fourth-order valence-corrected chi connectivity index (χ4v) is 2.79. The van der Waals surface area contributed by atoms with E-state index in [4.69, 9.17) is 9.47 Å². The van der Waals surface area contributed by atoms with Crippen LogP contribution in [0.2, 0.25) is 0 Å². The molecule has 0 unspecified atom stereocenters. The van der Waals surface area contributed by atoms with E-state index >= 15 is 0 Å². The minimum absolute atomic E-state index is 0.308. The van der Waals surface area contributed by atoms with Gasteiger partial charge in [0.25, 0.3) is 0 Å². The first-order valence-corrected chi connectivity index (χ1v) is 7.98. The number of hydrogen-bond acceptors (Lipinski definition) is 6. The van der Waals surface area contributed by atoms with Crippen molar-refractivity contribution < 1.29 is 28.6 Å². The van der Waals surface area contributed by atoms with Gasteiger partial charge in [0.1, 0.15) is 0 Å². The first-order valence-electron chi connectivity index (χ1n) is 7.98. The fourth-order valence-electron chi connectivity index (χ4n) is 2.79. The van der Waals surface area contributed by atoms with Crippen molar-refractivity contribution in [2.75, 3.05) is 34.5 Å². The van der Waals surface area contributed by atoms with E-state index < -0.39 is 18.0 Å². The maximum absolute atomic E-state index is 12.5. The monoisotopic (exact) mass is 362 g/mol. The van der Waals surface area contributed by atoms with E-state index in [-0.39, 0.29) is 6.03 Å². The second kappa shape index (κ2) is 8.48. The van der Waals surface area contributed by atoms with E-state index in [1.165, 1.54) is 26.2 Å². The number of methoxy groups -OCH3 is 3. The summed E-state index contributed by atoms with van der Waals surface area (Å²) >= 11 is 0. The highest BCUT2D eigenvalue weighted by atomic mass is 16.5. The Balaban J connectivity index is 2.43. The highest BCUT2D eigenvalue weighted by molar-refractivity contribution is 5.95. The summed E-state index contributed by atoms with van der Waals surface area (Å²) < 4.78 is 14.6. The Kier molecular flexibility index (Phi) is 6.35. The molecule has 2 rings (SSSR count). The molecule has 0 saturated heterocycles. The van der Waals surface area contributed by atoms with E-state index in [0.29, 0.717) is 35.5 Å². The predicted octanol–water partition coefficient (Wildman–Crippen LogP) is 1.63. The highest BCUT2D eigenvalue weighted by Crippen LogP contribution is 2.31. The topological polar surface area (TPSA) is 94.2 Å². The normalized spacial score (nSPS) is 17.0. The van der Waals surface area contributed by atoms with Crippen molar-refractivity contribution in [2.45, 2.75) is 13.0 Å². The molecule has 0 aromatic heterocycles. The lowest BCUT2D eigenvalue weighted by molar-refractivity contribution is -0.136. The Morgan fingerprint density at radius 1 is 1.08 bits per heavy atom. The van der Waals surface area contributed by atoms with Crippen LogP contribution in [0.1, 0.15) is 28.9 Å². The Bertz CT molecular complexity index is 726. The number of nitrogens with one attached hydrogen (secondary N) is 1.